The smallest absolute Gasteiger partial charge is 0.251 e. The van der Waals surface area contributed by atoms with Gasteiger partial charge in [0.05, 0.1) is 11.1 Å². The van der Waals surface area contributed by atoms with Gasteiger partial charge in [-0.3, -0.25) is 4.79 Å². The fraction of sp³-hybridized carbons (Fsp3) is 0.409. The van der Waals surface area contributed by atoms with E-state index in [4.69, 9.17) is 11.6 Å². The number of aryl methyl sites for hydroxylation is 2. The highest BCUT2D eigenvalue weighted by Gasteiger charge is 2.30. The Labute approximate surface area is 178 Å². The molecule has 1 aliphatic heterocycles. The van der Waals surface area contributed by atoms with Crippen molar-refractivity contribution in [1.29, 1.82) is 0 Å². The molecule has 0 aliphatic carbocycles. The van der Waals surface area contributed by atoms with E-state index in [9.17, 15) is 13.2 Å². The van der Waals surface area contributed by atoms with E-state index in [1.54, 1.807) is 6.07 Å². The van der Waals surface area contributed by atoms with Crippen LogP contribution in [0.1, 0.15) is 59.3 Å². The topological polar surface area (TPSA) is 66.5 Å². The van der Waals surface area contributed by atoms with Crippen LogP contribution < -0.4 is 5.32 Å². The van der Waals surface area contributed by atoms with Crippen molar-refractivity contribution in [3.8, 4) is 0 Å². The summed E-state index contributed by atoms with van der Waals surface area (Å²) in [7, 11) is -3.70. The summed E-state index contributed by atoms with van der Waals surface area (Å²) in [6.07, 6.45) is 2.40. The number of carbonyl (C=O) groups excluding carboxylic acids is 1. The first-order chi connectivity index (χ1) is 13.7. The van der Waals surface area contributed by atoms with E-state index >= 15 is 0 Å². The minimum absolute atomic E-state index is 0.00622. The number of rotatable bonds is 6. The number of nitrogens with zero attached hydrogens (tertiary/aromatic N) is 1. The highest BCUT2D eigenvalue weighted by molar-refractivity contribution is 7.89. The van der Waals surface area contributed by atoms with Crippen molar-refractivity contribution in [2.75, 3.05) is 13.1 Å². The molecule has 156 valence electrons. The first-order valence-electron chi connectivity index (χ1n) is 9.91. The van der Waals surface area contributed by atoms with Crippen LogP contribution in [0.2, 0.25) is 5.02 Å². The Balaban J connectivity index is 1.87. The number of sulfonamides is 1. The monoisotopic (exact) mass is 434 g/mol. The Morgan fingerprint density at radius 1 is 1.14 bits per heavy atom. The molecule has 1 N–H and O–H groups in total. The second kappa shape index (κ2) is 8.86. The zero-order chi connectivity index (χ0) is 21.2. The van der Waals surface area contributed by atoms with Crippen LogP contribution in [0.25, 0.3) is 0 Å². The van der Waals surface area contributed by atoms with E-state index in [1.807, 2.05) is 32.9 Å². The molecule has 0 spiro atoms. The first kappa shape index (κ1) is 21.8. The SMILES string of the molecule is CC[C@@H](NC(=O)c1ccc(Cl)c(S(=O)(=O)N2CCCC2)c1)c1ccc(C)cc1C. The fourth-order valence-corrected chi connectivity index (χ4v) is 5.79. The maximum atomic E-state index is 12.9. The van der Waals surface area contributed by atoms with Crippen molar-refractivity contribution >= 4 is 27.5 Å². The quantitative estimate of drug-likeness (QED) is 0.721. The molecule has 0 saturated carbocycles. The van der Waals surface area contributed by atoms with E-state index < -0.39 is 10.0 Å². The molecule has 3 rings (SSSR count). The van der Waals surface area contributed by atoms with Crippen LogP contribution in [0, 0.1) is 13.8 Å². The van der Waals surface area contributed by atoms with Crippen molar-refractivity contribution in [1.82, 2.24) is 9.62 Å². The number of hydrogen-bond acceptors (Lipinski definition) is 3. The fourth-order valence-electron chi connectivity index (χ4n) is 3.77. The van der Waals surface area contributed by atoms with Crippen molar-refractivity contribution in [2.24, 2.45) is 0 Å². The van der Waals surface area contributed by atoms with E-state index in [0.29, 0.717) is 13.1 Å². The molecule has 0 aromatic heterocycles. The van der Waals surface area contributed by atoms with E-state index in [1.165, 1.54) is 22.0 Å². The lowest BCUT2D eigenvalue weighted by Crippen LogP contribution is -2.30. The molecule has 7 heteroatoms. The van der Waals surface area contributed by atoms with Gasteiger partial charge in [0.15, 0.2) is 0 Å². The summed E-state index contributed by atoms with van der Waals surface area (Å²) in [4.78, 5) is 12.9. The predicted octanol–water partition coefficient (Wildman–Crippen LogP) is 4.62. The average molecular weight is 435 g/mol. The molecule has 1 amide bonds. The summed E-state index contributed by atoms with van der Waals surface area (Å²) in [5, 5.41) is 3.17. The number of benzene rings is 2. The van der Waals surface area contributed by atoms with Gasteiger partial charge in [-0.1, -0.05) is 42.3 Å². The predicted molar refractivity (Wildman–Crippen MR) is 116 cm³/mol. The van der Waals surface area contributed by atoms with Gasteiger partial charge < -0.3 is 5.32 Å². The van der Waals surface area contributed by atoms with Crippen LogP contribution in [0.5, 0.6) is 0 Å². The first-order valence-corrected chi connectivity index (χ1v) is 11.7. The van der Waals surface area contributed by atoms with Gasteiger partial charge in [0.25, 0.3) is 5.91 Å². The van der Waals surface area contributed by atoms with Gasteiger partial charge in [-0.2, -0.15) is 4.31 Å². The van der Waals surface area contributed by atoms with Gasteiger partial charge in [0, 0.05) is 18.7 Å². The van der Waals surface area contributed by atoms with Gasteiger partial charge >= 0.3 is 0 Å². The van der Waals surface area contributed by atoms with Crippen molar-refractivity contribution in [3.05, 3.63) is 63.7 Å². The molecule has 1 fully saturated rings. The highest BCUT2D eigenvalue weighted by atomic mass is 35.5. The maximum absolute atomic E-state index is 12.9. The van der Waals surface area contributed by atoms with Gasteiger partial charge in [-0.05, 0) is 62.4 Å². The molecule has 5 nitrogen and oxygen atoms in total. The Morgan fingerprint density at radius 3 is 2.45 bits per heavy atom. The number of carbonyl (C=O) groups is 1. The molecule has 29 heavy (non-hydrogen) atoms. The van der Waals surface area contributed by atoms with Crippen LogP contribution in [-0.4, -0.2) is 31.7 Å². The average Bonchev–Trinajstić information content (AvgIpc) is 3.22. The van der Waals surface area contributed by atoms with Gasteiger partial charge in [-0.25, -0.2) is 8.42 Å². The summed E-state index contributed by atoms with van der Waals surface area (Å²) < 4.78 is 27.3. The Kier molecular flexibility index (Phi) is 6.66. The highest BCUT2D eigenvalue weighted by Crippen LogP contribution is 2.29. The largest absolute Gasteiger partial charge is 0.345 e. The van der Waals surface area contributed by atoms with Crippen LogP contribution >= 0.6 is 11.6 Å². The van der Waals surface area contributed by atoms with Gasteiger partial charge in [0.1, 0.15) is 4.90 Å². The second-order valence-corrected chi connectivity index (χ2v) is 9.86. The lowest BCUT2D eigenvalue weighted by atomic mass is 9.97. The number of halogens is 1. The number of nitrogens with one attached hydrogen (secondary N) is 1. The van der Waals surface area contributed by atoms with E-state index in [-0.39, 0.29) is 27.4 Å². The summed E-state index contributed by atoms with van der Waals surface area (Å²) in [6, 6.07) is 10.4. The Bertz CT molecular complexity index is 1010. The Morgan fingerprint density at radius 2 is 1.83 bits per heavy atom. The minimum atomic E-state index is -3.70. The van der Waals surface area contributed by atoms with Crippen LogP contribution in [0.4, 0.5) is 0 Å². The molecule has 0 unspecified atom stereocenters. The van der Waals surface area contributed by atoms with Crippen LogP contribution in [0.3, 0.4) is 0 Å². The molecule has 2 aromatic rings. The Hall–Kier alpha value is -1.89. The van der Waals surface area contributed by atoms with Crippen molar-refractivity contribution in [3.63, 3.8) is 0 Å². The summed E-state index contributed by atoms with van der Waals surface area (Å²) in [6.45, 7) is 7.04. The third-order valence-corrected chi connectivity index (χ3v) is 7.77. The molecule has 1 heterocycles. The third kappa shape index (κ3) is 4.65. The molecular formula is C22H27ClN2O3S. The normalized spacial score (nSPS) is 16.0. The minimum Gasteiger partial charge on any atom is -0.345 e. The summed E-state index contributed by atoms with van der Waals surface area (Å²) in [5.41, 5.74) is 3.63. The molecule has 1 aliphatic rings. The van der Waals surface area contributed by atoms with Crippen molar-refractivity contribution in [2.45, 2.75) is 51.0 Å². The van der Waals surface area contributed by atoms with Gasteiger partial charge in [0.2, 0.25) is 10.0 Å². The number of amides is 1. The lowest BCUT2D eigenvalue weighted by molar-refractivity contribution is 0.0935. The van der Waals surface area contributed by atoms with Crippen LogP contribution in [0.15, 0.2) is 41.3 Å². The molecule has 0 bridgehead atoms. The molecular weight excluding hydrogens is 408 g/mol. The molecule has 1 atom stereocenters. The summed E-state index contributed by atoms with van der Waals surface area (Å²) >= 11 is 6.19. The zero-order valence-electron chi connectivity index (χ0n) is 17.0. The zero-order valence-corrected chi connectivity index (χ0v) is 18.6. The molecule has 2 aromatic carbocycles. The van der Waals surface area contributed by atoms with E-state index in [2.05, 4.69) is 11.4 Å². The van der Waals surface area contributed by atoms with Gasteiger partial charge in [-0.15, -0.1) is 0 Å². The number of hydrogen-bond donors (Lipinski definition) is 1. The van der Waals surface area contributed by atoms with Crippen molar-refractivity contribution < 1.29 is 13.2 Å². The lowest BCUT2D eigenvalue weighted by Gasteiger charge is -2.21. The maximum Gasteiger partial charge on any atom is 0.251 e. The second-order valence-electron chi connectivity index (χ2n) is 7.55. The molecule has 0 radical (unpaired) electrons. The van der Waals surface area contributed by atoms with E-state index in [0.717, 1.165) is 30.4 Å². The summed E-state index contributed by atoms with van der Waals surface area (Å²) in [5.74, 6) is -0.314. The third-order valence-electron chi connectivity index (χ3n) is 5.39. The standard InChI is InChI=1S/C22H27ClN2O3S/c1-4-20(18-9-7-15(2)13-16(18)3)24-22(26)17-8-10-19(23)21(14-17)29(27,28)25-11-5-6-12-25/h7-10,13-14,20H,4-6,11-12H2,1-3H3,(H,24,26)/t20-/m1/s1. The van der Waals surface area contributed by atoms with Crippen LogP contribution in [-0.2, 0) is 10.0 Å². The molecule has 1 saturated heterocycles.